The highest BCUT2D eigenvalue weighted by Gasteiger charge is 2.19. The van der Waals surface area contributed by atoms with Gasteiger partial charge in [-0.05, 0) is 29.2 Å². The molecule has 1 amide bonds. The van der Waals surface area contributed by atoms with Crippen LogP contribution in [0, 0.1) is 0 Å². The van der Waals surface area contributed by atoms with E-state index < -0.39 is 0 Å². The number of likely N-dealkylation sites (tertiary alicyclic amines) is 1. The third kappa shape index (κ3) is 4.88. The third-order valence-corrected chi connectivity index (χ3v) is 4.57. The van der Waals surface area contributed by atoms with Crippen LogP contribution in [-0.2, 0) is 31.5 Å². The van der Waals surface area contributed by atoms with E-state index in [0.29, 0.717) is 19.5 Å². The molecule has 2 N–H and O–H groups in total. The molecule has 1 saturated heterocycles. The van der Waals surface area contributed by atoms with Crippen LogP contribution in [0.25, 0.3) is 0 Å². The average molecular weight is 353 g/mol. The van der Waals surface area contributed by atoms with Crippen molar-refractivity contribution in [3.63, 3.8) is 0 Å². The third-order valence-electron chi connectivity index (χ3n) is 4.57. The zero-order chi connectivity index (χ0) is 18.4. The van der Waals surface area contributed by atoms with Gasteiger partial charge in [0.1, 0.15) is 0 Å². The molecule has 26 heavy (non-hydrogen) atoms. The van der Waals surface area contributed by atoms with Crippen molar-refractivity contribution in [3.05, 3.63) is 59.4 Å². The van der Waals surface area contributed by atoms with Crippen LogP contribution in [0.3, 0.4) is 0 Å². The number of guanidine groups is 1. The van der Waals surface area contributed by atoms with Gasteiger partial charge < -0.3 is 20.1 Å². The van der Waals surface area contributed by atoms with Gasteiger partial charge in [0, 0.05) is 59.1 Å². The monoisotopic (exact) mass is 353 g/mol. The molecular formula is C20H27N5O. The van der Waals surface area contributed by atoms with Gasteiger partial charge in [0.2, 0.25) is 5.91 Å². The maximum Gasteiger partial charge on any atom is 0.222 e. The number of carbonyl (C=O) groups is 1. The molecule has 138 valence electrons. The fourth-order valence-corrected chi connectivity index (χ4v) is 3.19. The lowest BCUT2D eigenvalue weighted by atomic mass is 10.1. The van der Waals surface area contributed by atoms with E-state index in [1.54, 1.807) is 7.05 Å². The number of nitrogens with one attached hydrogen (secondary N) is 2. The zero-order valence-corrected chi connectivity index (χ0v) is 15.5. The van der Waals surface area contributed by atoms with Gasteiger partial charge in [0.25, 0.3) is 0 Å². The number of hydrogen-bond acceptors (Lipinski definition) is 2. The number of aliphatic imine (C=N–C) groups is 1. The molecule has 1 aromatic carbocycles. The van der Waals surface area contributed by atoms with E-state index in [2.05, 4.69) is 46.1 Å². The van der Waals surface area contributed by atoms with E-state index in [1.165, 1.54) is 16.7 Å². The van der Waals surface area contributed by atoms with E-state index >= 15 is 0 Å². The van der Waals surface area contributed by atoms with Crippen molar-refractivity contribution in [2.24, 2.45) is 12.0 Å². The Bertz CT molecular complexity index is 780. The van der Waals surface area contributed by atoms with Gasteiger partial charge in [-0.25, -0.2) is 0 Å². The standard InChI is InChI=1S/C20H27N5O/c1-21-20(23-13-18-8-10-24(2)14-18)22-12-16-5-3-6-17(11-16)15-25-9-4-7-19(25)26/h3,5-6,8,10-11,14H,4,7,9,12-13,15H2,1-2H3,(H2,21,22,23). The zero-order valence-electron chi connectivity index (χ0n) is 15.5. The van der Waals surface area contributed by atoms with E-state index in [9.17, 15) is 4.79 Å². The molecule has 6 heteroatoms. The molecule has 1 aromatic heterocycles. The Morgan fingerprint density at radius 2 is 1.92 bits per heavy atom. The van der Waals surface area contributed by atoms with Gasteiger partial charge in [-0.3, -0.25) is 9.79 Å². The van der Waals surface area contributed by atoms with Crippen LogP contribution >= 0.6 is 0 Å². The largest absolute Gasteiger partial charge is 0.357 e. The summed E-state index contributed by atoms with van der Waals surface area (Å²) in [6.45, 7) is 3.00. The number of carbonyl (C=O) groups excluding carboxylic acids is 1. The second-order valence-electron chi connectivity index (χ2n) is 6.70. The number of aryl methyl sites for hydroxylation is 1. The molecule has 2 aromatic rings. The quantitative estimate of drug-likeness (QED) is 0.617. The van der Waals surface area contributed by atoms with Gasteiger partial charge in [-0.2, -0.15) is 0 Å². The topological polar surface area (TPSA) is 61.7 Å². The van der Waals surface area contributed by atoms with Crippen LogP contribution in [-0.4, -0.2) is 34.9 Å². The second-order valence-corrected chi connectivity index (χ2v) is 6.70. The molecule has 0 bridgehead atoms. The Morgan fingerprint density at radius 3 is 2.58 bits per heavy atom. The highest BCUT2D eigenvalue weighted by atomic mass is 16.2. The molecule has 0 unspecified atom stereocenters. The van der Waals surface area contributed by atoms with Crippen molar-refractivity contribution in [1.82, 2.24) is 20.1 Å². The fourth-order valence-electron chi connectivity index (χ4n) is 3.19. The fraction of sp³-hybridized carbons (Fsp3) is 0.400. The second kappa shape index (κ2) is 8.56. The Kier molecular flexibility index (Phi) is 5.94. The van der Waals surface area contributed by atoms with Crippen molar-refractivity contribution < 1.29 is 4.79 Å². The molecule has 0 radical (unpaired) electrons. The Morgan fingerprint density at radius 1 is 1.15 bits per heavy atom. The molecular weight excluding hydrogens is 326 g/mol. The van der Waals surface area contributed by atoms with Crippen LogP contribution in [0.2, 0.25) is 0 Å². The number of aromatic nitrogens is 1. The first-order chi connectivity index (χ1) is 12.6. The average Bonchev–Trinajstić information content (AvgIpc) is 3.24. The van der Waals surface area contributed by atoms with Crippen LogP contribution in [0.4, 0.5) is 0 Å². The lowest BCUT2D eigenvalue weighted by Gasteiger charge is -2.16. The molecule has 1 aliphatic rings. The molecule has 1 aliphatic heterocycles. The molecule has 6 nitrogen and oxygen atoms in total. The van der Waals surface area contributed by atoms with Crippen molar-refractivity contribution in [2.45, 2.75) is 32.5 Å². The Labute approximate surface area is 154 Å². The van der Waals surface area contributed by atoms with E-state index in [-0.39, 0.29) is 5.91 Å². The minimum Gasteiger partial charge on any atom is -0.357 e. The summed E-state index contributed by atoms with van der Waals surface area (Å²) in [5.41, 5.74) is 3.57. The van der Waals surface area contributed by atoms with Crippen molar-refractivity contribution in [2.75, 3.05) is 13.6 Å². The van der Waals surface area contributed by atoms with E-state index in [4.69, 9.17) is 0 Å². The smallest absolute Gasteiger partial charge is 0.222 e. The first kappa shape index (κ1) is 18.0. The minimum absolute atomic E-state index is 0.263. The summed E-state index contributed by atoms with van der Waals surface area (Å²) in [6, 6.07) is 10.5. The Balaban J connectivity index is 1.51. The lowest BCUT2D eigenvalue weighted by molar-refractivity contribution is -0.128. The van der Waals surface area contributed by atoms with E-state index in [0.717, 1.165) is 25.5 Å². The van der Waals surface area contributed by atoms with Crippen molar-refractivity contribution in [1.29, 1.82) is 0 Å². The highest BCUT2D eigenvalue weighted by molar-refractivity contribution is 5.79. The maximum atomic E-state index is 11.8. The van der Waals surface area contributed by atoms with Gasteiger partial charge >= 0.3 is 0 Å². The number of hydrogen-bond donors (Lipinski definition) is 2. The summed E-state index contributed by atoms with van der Waals surface area (Å²) in [4.78, 5) is 18.0. The summed E-state index contributed by atoms with van der Waals surface area (Å²) in [6.07, 6.45) is 5.78. The molecule has 1 fully saturated rings. The first-order valence-corrected chi connectivity index (χ1v) is 9.05. The van der Waals surface area contributed by atoms with Crippen LogP contribution in [0.5, 0.6) is 0 Å². The van der Waals surface area contributed by atoms with Crippen LogP contribution < -0.4 is 10.6 Å². The number of amides is 1. The molecule has 3 rings (SSSR count). The predicted molar refractivity (Wildman–Crippen MR) is 104 cm³/mol. The Hall–Kier alpha value is -2.76. The highest BCUT2D eigenvalue weighted by Crippen LogP contribution is 2.15. The maximum absolute atomic E-state index is 11.8. The molecule has 0 aliphatic carbocycles. The van der Waals surface area contributed by atoms with Crippen LogP contribution in [0.15, 0.2) is 47.7 Å². The minimum atomic E-state index is 0.263. The van der Waals surface area contributed by atoms with Gasteiger partial charge in [-0.15, -0.1) is 0 Å². The van der Waals surface area contributed by atoms with E-state index in [1.807, 2.05) is 28.8 Å². The SMILES string of the molecule is CN=C(NCc1cccc(CN2CCCC2=O)c1)NCc1ccn(C)c1. The van der Waals surface area contributed by atoms with Gasteiger partial charge in [0.15, 0.2) is 5.96 Å². The summed E-state index contributed by atoms with van der Waals surface area (Å²) < 4.78 is 2.03. The van der Waals surface area contributed by atoms with Crippen molar-refractivity contribution in [3.8, 4) is 0 Å². The summed E-state index contributed by atoms with van der Waals surface area (Å²) in [5.74, 6) is 1.04. The number of nitrogens with zero attached hydrogens (tertiary/aromatic N) is 3. The number of benzene rings is 1. The van der Waals surface area contributed by atoms with Gasteiger partial charge in [-0.1, -0.05) is 24.3 Å². The van der Waals surface area contributed by atoms with Gasteiger partial charge in [0.05, 0.1) is 0 Å². The normalized spacial score (nSPS) is 14.8. The molecule has 2 heterocycles. The summed E-state index contributed by atoms with van der Waals surface area (Å²) >= 11 is 0. The number of rotatable bonds is 6. The lowest BCUT2D eigenvalue weighted by Crippen LogP contribution is -2.36. The molecule has 0 atom stereocenters. The van der Waals surface area contributed by atoms with Crippen molar-refractivity contribution >= 4 is 11.9 Å². The van der Waals surface area contributed by atoms with Crippen LogP contribution in [0.1, 0.15) is 29.5 Å². The predicted octanol–water partition coefficient (Wildman–Crippen LogP) is 2.01. The summed E-state index contributed by atoms with van der Waals surface area (Å²) in [7, 11) is 3.79. The first-order valence-electron chi connectivity index (χ1n) is 9.05. The molecule has 0 spiro atoms. The summed E-state index contributed by atoms with van der Waals surface area (Å²) in [5, 5.41) is 6.67. The molecule has 0 saturated carbocycles.